The third-order valence-corrected chi connectivity index (χ3v) is 8.52. The number of carbonyl (C=O) groups is 3. The molecule has 15 heteroatoms. The molecule has 2 saturated heterocycles. The predicted molar refractivity (Wildman–Crippen MR) is 132 cm³/mol. The van der Waals surface area contributed by atoms with Crippen LogP contribution in [0.5, 0.6) is 0 Å². The second-order valence-corrected chi connectivity index (χ2v) is 11.0. The molecule has 1 aromatic heterocycles. The zero-order valence-corrected chi connectivity index (χ0v) is 23.6. The number of thioether (sulfide) groups is 1. The summed E-state index contributed by atoms with van der Waals surface area (Å²) in [7, 11) is 3.40. The lowest BCUT2D eigenvalue weighted by molar-refractivity contribution is -0.888. The summed E-state index contributed by atoms with van der Waals surface area (Å²) in [4.78, 5) is 49.1. The summed E-state index contributed by atoms with van der Waals surface area (Å²) in [6.07, 6.45) is 2.24. The molecule has 2 amide bonds. The van der Waals surface area contributed by atoms with Crippen molar-refractivity contribution >= 4 is 68.8 Å². The molecule has 4 rings (SSSR count). The molecule has 4 N–H and O–H groups in total. The van der Waals surface area contributed by atoms with Gasteiger partial charge in [-0.25, -0.2) is 9.78 Å². The minimum Gasteiger partial charge on any atom is -1.00 e. The number of nitrogens with two attached hydrogens (primary N) is 1. The quantitative estimate of drug-likeness (QED) is 0.0689. The van der Waals surface area contributed by atoms with Crippen LogP contribution in [0.25, 0.3) is 0 Å². The number of nitrogen functional groups attached to an aromatic ring is 1. The predicted octanol–water partition coefficient (Wildman–Crippen LogP) is -2.57. The zero-order valence-electron chi connectivity index (χ0n) is 19.0. The Morgan fingerprint density at radius 1 is 1.43 bits per heavy atom. The van der Waals surface area contributed by atoms with Gasteiger partial charge >= 0.3 is 5.97 Å². The molecule has 11 nitrogen and oxygen atoms in total. The highest BCUT2D eigenvalue weighted by Gasteiger charge is 2.54. The number of thiocarbonyl (C=S) groups is 1. The lowest BCUT2D eigenvalue weighted by Gasteiger charge is -2.49. The minimum atomic E-state index is -1.21. The maximum atomic E-state index is 13.0. The van der Waals surface area contributed by atoms with Gasteiger partial charge in [-0.05, 0) is 0 Å². The van der Waals surface area contributed by atoms with E-state index in [0.717, 1.165) is 41.8 Å². The van der Waals surface area contributed by atoms with E-state index in [1.165, 1.54) is 23.8 Å². The first kappa shape index (κ1) is 27.8. The Labute approximate surface area is 232 Å². The van der Waals surface area contributed by atoms with E-state index in [2.05, 4.69) is 22.5 Å². The van der Waals surface area contributed by atoms with E-state index < -0.39 is 29.9 Å². The van der Waals surface area contributed by atoms with Gasteiger partial charge in [0.05, 0.1) is 35.9 Å². The van der Waals surface area contributed by atoms with Crippen molar-refractivity contribution in [2.75, 3.05) is 45.3 Å². The van der Waals surface area contributed by atoms with Crippen molar-refractivity contribution in [3.8, 4) is 0 Å². The average molecular weight is 653 g/mol. The maximum absolute atomic E-state index is 13.0. The average Bonchev–Trinajstić information content (AvgIpc) is 3.42. The molecule has 190 valence electrons. The number of fused-ring (bicyclic) bond motifs is 1. The van der Waals surface area contributed by atoms with E-state index in [-0.39, 0.29) is 46.2 Å². The summed E-state index contributed by atoms with van der Waals surface area (Å²) < 4.78 is 0.772. The first-order valence-corrected chi connectivity index (χ1v) is 12.9. The first-order valence-electron chi connectivity index (χ1n) is 10.6. The monoisotopic (exact) mass is 652 g/mol. The van der Waals surface area contributed by atoms with Gasteiger partial charge in [0, 0.05) is 24.0 Å². The van der Waals surface area contributed by atoms with Gasteiger partial charge in [-0.2, -0.15) is 0 Å². The molecule has 2 unspecified atom stereocenters. The van der Waals surface area contributed by atoms with Gasteiger partial charge in [0.15, 0.2) is 10.8 Å². The number of oxime groups is 1. The molecule has 0 radical (unpaired) electrons. The molecule has 3 aliphatic heterocycles. The molecular formula is C20H25IN6O5S3. The highest BCUT2D eigenvalue weighted by molar-refractivity contribution is 8.05. The molecule has 0 spiro atoms. The Balaban J connectivity index is 0.00000342. The summed E-state index contributed by atoms with van der Waals surface area (Å²) in [6.45, 7) is 2.56. The van der Waals surface area contributed by atoms with Gasteiger partial charge in [0.25, 0.3) is 11.8 Å². The fraction of sp³-hybridized carbons (Fsp3) is 0.500. The number of thiazole rings is 1. The molecule has 1 aromatic rings. The Morgan fingerprint density at radius 3 is 2.69 bits per heavy atom. The molecule has 3 aliphatic rings. The SMILES string of the molecule is CON=C(C(=O)NC1C(=O)N2C(C(=O)O)=C(C(=S)C[N+]3(C)CCCC3)SCC12)c1csc(N)n1.[I-]. The van der Waals surface area contributed by atoms with Crippen LogP contribution in [-0.2, 0) is 19.2 Å². The number of halogens is 1. The third-order valence-electron chi connectivity index (χ3n) is 6.15. The van der Waals surface area contributed by atoms with E-state index in [0.29, 0.717) is 22.1 Å². The number of nitrogens with zero attached hydrogens (tertiary/aromatic N) is 4. The lowest BCUT2D eigenvalue weighted by atomic mass is 9.94. The molecule has 0 aliphatic carbocycles. The van der Waals surface area contributed by atoms with Crippen LogP contribution in [0, 0.1) is 0 Å². The Kier molecular flexibility index (Phi) is 8.77. The number of carboxylic acids is 1. The van der Waals surface area contributed by atoms with Gasteiger partial charge in [0.2, 0.25) is 0 Å². The maximum Gasteiger partial charge on any atom is 0.353 e. The van der Waals surface area contributed by atoms with Crippen LogP contribution in [-0.4, -0.2) is 99.5 Å². The highest BCUT2D eigenvalue weighted by atomic mass is 127. The molecule has 35 heavy (non-hydrogen) atoms. The van der Waals surface area contributed by atoms with Gasteiger partial charge in [0.1, 0.15) is 31.1 Å². The number of anilines is 1. The molecular weight excluding hydrogens is 627 g/mol. The number of amides is 2. The Hall–Kier alpha value is -1.82. The van der Waals surface area contributed by atoms with E-state index in [9.17, 15) is 19.5 Å². The van der Waals surface area contributed by atoms with Crippen molar-refractivity contribution < 1.29 is 52.8 Å². The molecule has 0 aromatic carbocycles. The standard InChI is InChI=1S/C20H24N6O5S3.HI/c1-26(5-3-4-6-26)7-12(32)16-15(19(29)30)25-11(9-33-16)14(18(25)28)23-17(27)13(24-31-2)10-8-34-20(21)22-10;/h8,11,14H,3-7,9H2,1-2H3,(H3-,21,22,23,27,29,30);1H. The molecule has 2 fully saturated rings. The summed E-state index contributed by atoms with van der Waals surface area (Å²) in [5, 5.41) is 18.1. The number of β-lactam (4-membered cyclic amide) rings is 1. The van der Waals surface area contributed by atoms with Crippen LogP contribution in [0.4, 0.5) is 5.13 Å². The smallest absolute Gasteiger partial charge is 0.353 e. The number of carbonyl (C=O) groups excluding carboxylic acids is 2. The van der Waals surface area contributed by atoms with Crippen LogP contribution < -0.4 is 35.0 Å². The van der Waals surface area contributed by atoms with Crippen LogP contribution in [0.15, 0.2) is 21.1 Å². The largest absolute Gasteiger partial charge is 1.00 e. The second-order valence-electron chi connectivity index (χ2n) is 8.57. The van der Waals surface area contributed by atoms with Gasteiger partial charge in [-0.3, -0.25) is 14.5 Å². The topological polar surface area (TPSA) is 147 Å². The molecule has 0 bridgehead atoms. The summed E-state index contributed by atoms with van der Waals surface area (Å²) in [6, 6.07) is -1.41. The van der Waals surface area contributed by atoms with Crippen LogP contribution >= 0.6 is 35.3 Å². The molecule has 4 heterocycles. The number of nitrogens with one attached hydrogen (secondary N) is 1. The lowest BCUT2D eigenvalue weighted by Crippen LogP contribution is -3.00. The van der Waals surface area contributed by atoms with E-state index in [1.807, 2.05) is 0 Å². The van der Waals surface area contributed by atoms with E-state index in [1.54, 1.807) is 5.38 Å². The van der Waals surface area contributed by atoms with Crippen molar-refractivity contribution in [3.05, 3.63) is 21.7 Å². The number of rotatable bonds is 8. The van der Waals surface area contributed by atoms with Crippen LogP contribution in [0.2, 0.25) is 0 Å². The van der Waals surface area contributed by atoms with Crippen LogP contribution in [0.3, 0.4) is 0 Å². The normalized spacial score (nSPS) is 23.2. The number of aromatic nitrogens is 1. The second kappa shape index (κ2) is 11.1. The number of hydrogen-bond donors (Lipinski definition) is 3. The third kappa shape index (κ3) is 5.47. The number of aliphatic carboxylic acids is 1. The van der Waals surface area contributed by atoms with Crippen molar-refractivity contribution in [1.82, 2.24) is 15.2 Å². The number of hydrogen-bond acceptors (Lipinski definition) is 10. The van der Waals surface area contributed by atoms with Crippen molar-refractivity contribution in [1.29, 1.82) is 0 Å². The first-order chi connectivity index (χ1) is 16.1. The minimum absolute atomic E-state index is 0. The van der Waals surface area contributed by atoms with Gasteiger partial charge in [-0.1, -0.05) is 17.4 Å². The van der Waals surface area contributed by atoms with Gasteiger partial charge in [-0.15, -0.1) is 23.1 Å². The number of carboxylic acid groups (broad SMARTS) is 1. The highest BCUT2D eigenvalue weighted by Crippen LogP contribution is 2.40. The Morgan fingerprint density at radius 2 is 2.11 bits per heavy atom. The zero-order chi connectivity index (χ0) is 24.6. The number of likely N-dealkylation sites (tertiary alicyclic amines) is 1. The summed E-state index contributed by atoms with van der Waals surface area (Å²) >= 11 is 8.10. The van der Waals surface area contributed by atoms with Gasteiger partial charge < -0.3 is 49.5 Å². The van der Waals surface area contributed by atoms with Crippen molar-refractivity contribution in [2.45, 2.75) is 24.9 Å². The molecule has 2 atom stereocenters. The number of quaternary nitrogens is 1. The summed E-state index contributed by atoms with van der Waals surface area (Å²) in [5.41, 5.74) is 5.64. The van der Waals surface area contributed by atoms with E-state index in [4.69, 9.17) is 22.8 Å². The van der Waals surface area contributed by atoms with E-state index >= 15 is 0 Å². The fourth-order valence-corrected chi connectivity index (χ4v) is 6.85. The van der Waals surface area contributed by atoms with Crippen molar-refractivity contribution in [2.24, 2.45) is 5.16 Å². The van der Waals surface area contributed by atoms with Crippen molar-refractivity contribution in [3.63, 3.8) is 0 Å². The molecule has 0 saturated carbocycles. The summed E-state index contributed by atoms with van der Waals surface area (Å²) in [5.74, 6) is -1.97. The van der Waals surface area contributed by atoms with Crippen LogP contribution in [0.1, 0.15) is 18.5 Å². The fourth-order valence-electron chi connectivity index (χ4n) is 4.49. The Bertz CT molecular complexity index is 1120.